The van der Waals surface area contributed by atoms with E-state index in [0.29, 0.717) is 6.04 Å². The van der Waals surface area contributed by atoms with Crippen molar-refractivity contribution in [1.29, 1.82) is 0 Å². The summed E-state index contributed by atoms with van der Waals surface area (Å²) in [5, 5.41) is 28.8. The van der Waals surface area contributed by atoms with E-state index < -0.39 is 0 Å². The molecule has 1 fully saturated rings. The molecule has 3 aromatic carbocycles. The molecule has 26 heavy (non-hydrogen) atoms. The Morgan fingerprint density at radius 1 is 0.962 bits per heavy atom. The van der Waals surface area contributed by atoms with E-state index in [-0.39, 0.29) is 5.75 Å². The normalized spacial score (nSPS) is 14.5. The molecule has 0 spiro atoms. The first-order chi connectivity index (χ1) is 12.8. The molecule has 128 valence electrons. The highest BCUT2D eigenvalue weighted by Crippen LogP contribution is 2.37. The summed E-state index contributed by atoms with van der Waals surface area (Å²) < 4.78 is 0. The van der Waals surface area contributed by atoms with Crippen LogP contribution in [0.5, 0.6) is 5.75 Å². The molecule has 3 N–H and O–H groups in total. The molecule has 1 aliphatic heterocycles. The van der Waals surface area contributed by atoms with Gasteiger partial charge in [-0.3, -0.25) is 0 Å². The van der Waals surface area contributed by atoms with Gasteiger partial charge in [0.2, 0.25) is 0 Å². The number of anilines is 1. The van der Waals surface area contributed by atoms with Gasteiger partial charge in [0.25, 0.3) is 0 Å². The summed E-state index contributed by atoms with van der Waals surface area (Å²) in [6.07, 6.45) is 1.78. The van der Waals surface area contributed by atoms with Crippen molar-refractivity contribution in [2.75, 3.05) is 18.4 Å². The van der Waals surface area contributed by atoms with Gasteiger partial charge < -0.3 is 15.7 Å². The lowest BCUT2D eigenvalue weighted by molar-refractivity contribution is 0.472. The van der Waals surface area contributed by atoms with Crippen LogP contribution in [0.3, 0.4) is 0 Å². The van der Waals surface area contributed by atoms with Crippen LogP contribution in [0.25, 0.3) is 32.8 Å². The molecule has 5 rings (SSSR count). The van der Waals surface area contributed by atoms with E-state index in [0.717, 1.165) is 51.6 Å². The number of rotatable bonds is 3. The Kier molecular flexibility index (Phi) is 3.47. The molecule has 2 heterocycles. The zero-order valence-electron chi connectivity index (χ0n) is 14.1. The summed E-state index contributed by atoms with van der Waals surface area (Å²) in [5.41, 5.74) is 3.76. The van der Waals surface area contributed by atoms with E-state index in [1.165, 1.54) is 0 Å². The Labute approximate surface area is 150 Å². The maximum absolute atomic E-state index is 10.2. The van der Waals surface area contributed by atoms with Crippen LogP contribution in [0, 0.1) is 0 Å². The average Bonchev–Trinajstić information content (AvgIpc) is 2.63. The van der Waals surface area contributed by atoms with Gasteiger partial charge in [0.15, 0.2) is 0 Å². The fraction of sp³-hybridized carbons (Fsp3) is 0.143. The molecule has 0 radical (unpaired) electrons. The summed E-state index contributed by atoms with van der Waals surface area (Å²) in [6, 6.07) is 18.2. The van der Waals surface area contributed by atoms with Crippen molar-refractivity contribution in [3.63, 3.8) is 0 Å². The molecular formula is C21H18N4O. The second-order valence-corrected chi connectivity index (χ2v) is 6.67. The molecule has 0 saturated carbocycles. The second kappa shape index (κ2) is 5.97. The van der Waals surface area contributed by atoms with Crippen LogP contribution in [0.2, 0.25) is 0 Å². The molecule has 1 aromatic heterocycles. The van der Waals surface area contributed by atoms with E-state index in [9.17, 15) is 5.11 Å². The Hall–Kier alpha value is -3.18. The van der Waals surface area contributed by atoms with E-state index in [2.05, 4.69) is 33.0 Å². The standard InChI is InChI=1S/C21H18N4O/c26-15-8-13-4-1-2-5-16(13)19(9-15)17-6-3-7-18-20(12-23-25-21(17)18)24-14-10-22-11-14/h1-9,12,14,22,26H,10-11H2,(H,24,25). The number of nitrogens with zero attached hydrogens (tertiary/aromatic N) is 2. The minimum absolute atomic E-state index is 0.249. The highest BCUT2D eigenvalue weighted by Gasteiger charge is 2.18. The van der Waals surface area contributed by atoms with Crippen LogP contribution in [0.15, 0.2) is 60.8 Å². The lowest BCUT2D eigenvalue weighted by Gasteiger charge is -2.29. The van der Waals surface area contributed by atoms with Gasteiger partial charge in [-0.2, -0.15) is 5.10 Å². The SMILES string of the molecule is Oc1cc(-c2cccc3c(NC4CNC4)cnnc23)c2ccccc2c1. The molecule has 0 unspecified atom stereocenters. The monoisotopic (exact) mass is 342 g/mol. The fourth-order valence-electron chi connectivity index (χ4n) is 3.54. The minimum atomic E-state index is 0.249. The molecule has 1 aliphatic rings. The van der Waals surface area contributed by atoms with E-state index >= 15 is 0 Å². The summed E-state index contributed by atoms with van der Waals surface area (Å²) in [6.45, 7) is 1.92. The number of aromatic hydroxyl groups is 1. The number of fused-ring (bicyclic) bond motifs is 2. The van der Waals surface area contributed by atoms with E-state index in [1.54, 1.807) is 18.3 Å². The number of aromatic nitrogens is 2. The Morgan fingerprint density at radius 3 is 2.65 bits per heavy atom. The number of hydrogen-bond acceptors (Lipinski definition) is 5. The largest absolute Gasteiger partial charge is 0.508 e. The lowest BCUT2D eigenvalue weighted by atomic mass is 9.95. The molecule has 4 aromatic rings. The summed E-state index contributed by atoms with van der Waals surface area (Å²) in [7, 11) is 0. The minimum Gasteiger partial charge on any atom is -0.508 e. The van der Waals surface area contributed by atoms with Crippen molar-refractivity contribution in [2.24, 2.45) is 0 Å². The highest BCUT2D eigenvalue weighted by atomic mass is 16.3. The predicted octanol–water partition coefficient (Wildman–Crippen LogP) is 3.54. The van der Waals surface area contributed by atoms with Gasteiger partial charge in [-0.05, 0) is 28.5 Å². The van der Waals surface area contributed by atoms with E-state index in [1.807, 2.05) is 30.3 Å². The summed E-state index contributed by atoms with van der Waals surface area (Å²) >= 11 is 0. The molecule has 0 bridgehead atoms. The Morgan fingerprint density at radius 2 is 1.81 bits per heavy atom. The van der Waals surface area contributed by atoms with Gasteiger partial charge in [0, 0.05) is 24.0 Å². The zero-order valence-corrected chi connectivity index (χ0v) is 14.1. The van der Waals surface area contributed by atoms with Gasteiger partial charge >= 0.3 is 0 Å². The number of hydrogen-bond donors (Lipinski definition) is 3. The first-order valence-corrected chi connectivity index (χ1v) is 8.73. The van der Waals surface area contributed by atoms with Gasteiger partial charge in [0.05, 0.1) is 17.9 Å². The topological polar surface area (TPSA) is 70.1 Å². The third kappa shape index (κ3) is 2.45. The van der Waals surface area contributed by atoms with Crippen LogP contribution >= 0.6 is 0 Å². The van der Waals surface area contributed by atoms with Gasteiger partial charge in [-0.25, -0.2) is 0 Å². The van der Waals surface area contributed by atoms with Crippen molar-refractivity contribution in [3.8, 4) is 16.9 Å². The van der Waals surface area contributed by atoms with Crippen LogP contribution in [0.4, 0.5) is 5.69 Å². The third-order valence-electron chi connectivity index (χ3n) is 4.95. The van der Waals surface area contributed by atoms with Crippen molar-refractivity contribution in [3.05, 3.63) is 60.8 Å². The molecule has 5 heteroatoms. The van der Waals surface area contributed by atoms with Gasteiger partial charge in [-0.15, -0.1) is 5.10 Å². The predicted molar refractivity (Wildman–Crippen MR) is 104 cm³/mol. The first-order valence-electron chi connectivity index (χ1n) is 8.73. The molecule has 0 amide bonds. The van der Waals surface area contributed by atoms with Crippen molar-refractivity contribution in [1.82, 2.24) is 15.5 Å². The summed E-state index contributed by atoms with van der Waals surface area (Å²) in [4.78, 5) is 0. The third-order valence-corrected chi connectivity index (χ3v) is 4.95. The van der Waals surface area contributed by atoms with Crippen LogP contribution in [-0.2, 0) is 0 Å². The Balaban J connectivity index is 1.74. The summed E-state index contributed by atoms with van der Waals surface area (Å²) in [5.74, 6) is 0.249. The molecular weight excluding hydrogens is 324 g/mol. The molecule has 5 nitrogen and oxygen atoms in total. The van der Waals surface area contributed by atoms with Crippen LogP contribution in [-0.4, -0.2) is 34.4 Å². The van der Waals surface area contributed by atoms with Crippen molar-refractivity contribution >= 4 is 27.4 Å². The quantitative estimate of drug-likeness (QED) is 0.531. The molecule has 0 atom stereocenters. The fourth-order valence-corrected chi connectivity index (χ4v) is 3.54. The Bertz CT molecular complexity index is 1120. The van der Waals surface area contributed by atoms with Crippen LogP contribution < -0.4 is 10.6 Å². The first kappa shape index (κ1) is 15.1. The van der Waals surface area contributed by atoms with E-state index in [4.69, 9.17) is 0 Å². The van der Waals surface area contributed by atoms with Gasteiger partial charge in [-0.1, -0.05) is 42.5 Å². The molecule has 1 saturated heterocycles. The second-order valence-electron chi connectivity index (χ2n) is 6.67. The lowest BCUT2D eigenvalue weighted by Crippen LogP contribution is -2.51. The smallest absolute Gasteiger partial charge is 0.116 e. The highest BCUT2D eigenvalue weighted by molar-refractivity contribution is 6.06. The number of benzene rings is 3. The maximum atomic E-state index is 10.2. The number of nitrogens with one attached hydrogen (secondary N) is 2. The number of phenolic OH excluding ortho intramolecular Hbond substituents is 1. The van der Waals surface area contributed by atoms with Crippen molar-refractivity contribution in [2.45, 2.75) is 6.04 Å². The maximum Gasteiger partial charge on any atom is 0.116 e. The number of phenols is 1. The average molecular weight is 342 g/mol. The zero-order chi connectivity index (χ0) is 17.5. The van der Waals surface area contributed by atoms with Gasteiger partial charge in [0.1, 0.15) is 11.3 Å². The van der Waals surface area contributed by atoms with Crippen LogP contribution in [0.1, 0.15) is 0 Å². The van der Waals surface area contributed by atoms with Crippen molar-refractivity contribution < 1.29 is 5.11 Å². The molecule has 0 aliphatic carbocycles.